The number of aliphatic hydroxyl groups is 1. The molecule has 0 saturated heterocycles. The van der Waals surface area contributed by atoms with Gasteiger partial charge in [-0.25, -0.2) is 0 Å². The van der Waals surface area contributed by atoms with E-state index in [9.17, 15) is 8.42 Å². The number of hydrogen-bond acceptors (Lipinski definition) is 4. The second-order valence-corrected chi connectivity index (χ2v) is 5.16. The standard InChI is InChI=1S/C7H8O3S.C5H12O2/c1-6-2-4-7(5-3-6)11(8,9)10;1-3-7-5(2)4-6/h2-5H,1H3,(H,8,9,10);5-6H,3-4H2,1-2H3. The van der Waals surface area contributed by atoms with Gasteiger partial charge in [0, 0.05) is 6.61 Å². The lowest BCUT2D eigenvalue weighted by molar-refractivity contribution is 0.0325. The molecule has 1 atom stereocenters. The third-order valence-electron chi connectivity index (χ3n) is 2.03. The molecule has 6 heteroatoms. The summed E-state index contributed by atoms with van der Waals surface area (Å²) in [5.74, 6) is 0. The number of rotatable bonds is 4. The van der Waals surface area contributed by atoms with Crippen molar-refractivity contribution in [3.63, 3.8) is 0 Å². The van der Waals surface area contributed by atoms with E-state index >= 15 is 0 Å². The molecule has 0 fully saturated rings. The van der Waals surface area contributed by atoms with Crippen LogP contribution < -0.4 is 0 Å². The average molecular weight is 276 g/mol. The molecule has 0 aromatic heterocycles. The summed E-state index contributed by atoms with van der Waals surface area (Å²) in [6.07, 6.45) is 0.00463. The predicted molar refractivity (Wildman–Crippen MR) is 69.2 cm³/mol. The van der Waals surface area contributed by atoms with Crippen LogP contribution in [0.2, 0.25) is 0 Å². The molecule has 0 aliphatic rings. The fraction of sp³-hybridized carbons (Fsp3) is 0.500. The minimum atomic E-state index is -4.02. The Bertz CT molecular complexity index is 424. The van der Waals surface area contributed by atoms with Gasteiger partial charge in [-0.3, -0.25) is 4.55 Å². The summed E-state index contributed by atoms with van der Waals surface area (Å²) in [7, 11) is -4.02. The molecule has 104 valence electrons. The van der Waals surface area contributed by atoms with Crippen LogP contribution in [0.1, 0.15) is 19.4 Å². The average Bonchev–Trinajstić information content (AvgIpc) is 2.29. The summed E-state index contributed by atoms with van der Waals surface area (Å²) in [5, 5.41) is 8.34. The summed E-state index contributed by atoms with van der Waals surface area (Å²) in [6.45, 7) is 6.39. The van der Waals surface area contributed by atoms with Gasteiger partial charge in [0.1, 0.15) is 0 Å². The molecule has 0 amide bonds. The second kappa shape index (κ2) is 8.20. The van der Waals surface area contributed by atoms with E-state index in [1.807, 2.05) is 20.8 Å². The van der Waals surface area contributed by atoms with Gasteiger partial charge in [-0.1, -0.05) is 17.7 Å². The summed E-state index contributed by atoms with van der Waals surface area (Å²) in [5.41, 5.74) is 0.956. The Morgan fingerprint density at radius 2 is 1.78 bits per heavy atom. The molecule has 0 bridgehead atoms. The van der Waals surface area contributed by atoms with Gasteiger partial charge in [0.15, 0.2) is 0 Å². The molecular formula is C12H20O5S. The smallest absolute Gasteiger partial charge is 0.294 e. The number of benzene rings is 1. The summed E-state index contributed by atoms with van der Waals surface area (Å²) >= 11 is 0. The maximum absolute atomic E-state index is 10.5. The summed E-state index contributed by atoms with van der Waals surface area (Å²) < 4.78 is 34.5. The van der Waals surface area contributed by atoms with Gasteiger partial charge < -0.3 is 9.84 Å². The molecule has 0 radical (unpaired) electrons. The molecular weight excluding hydrogens is 256 g/mol. The third kappa shape index (κ3) is 7.39. The Balaban J connectivity index is 0.000000360. The van der Waals surface area contributed by atoms with E-state index in [4.69, 9.17) is 14.4 Å². The highest BCUT2D eigenvalue weighted by Crippen LogP contribution is 2.08. The van der Waals surface area contributed by atoms with Gasteiger partial charge in [-0.2, -0.15) is 8.42 Å². The first-order chi connectivity index (χ1) is 8.31. The van der Waals surface area contributed by atoms with Crippen molar-refractivity contribution in [3.05, 3.63) is 29.8 Å². The lowest BCUT2D eigenvalue weighted by atomic mass is 10.2. The lowest BCUT2D eigenvalue weighted by Gasteiger charge is -2.04. The Kier molecular flexibility index (Phi) is 7.77. The first-order valence-electron chi connectivity index (χ1n) is 5.57. The van der Waals surface area contributed by atoms with Gasteiger partial charge >= 0.3 is 0 Å². The van der Waals surface area contributed by atoms with Crippen LogP contribution in [0.15, 0.2) is 29.2 Å². The molecule has 0 saturated carbocycles. The normalized spacial score (nSPS) is 12.5. The third-order valence-corrected chi connectivity index (χ3v) is 2.90. The number of aryl methyl sites for hydroxylation is 1. The van der Waals surface area contributed by atoms with Gasteiger partial charge in [0.2, 0.25) is 0 Å². The van der Waals surface area contributed by atoms with Gasteiger partial charge in [-0.15, -0.1) is 0 Å². The van der Waals surface area contributed by atoms with Crippen LogP contribution in [0.5, 0.6) is 0 Å². The van der Waals surface area contributed by atoms with E-state index in [1.165, 1.54) is 12.1 Å². The van der Waals surface area contributed by atoms with E-state index in [0.29, 0.717) is 6.61 Å². The Hall–Kier alpha value is -0.950. The van der Waals surface area contributed by atoms with Crippen molar-refractivity contribution in [3.8, 4) is 0 Å². The number of hydrogen-bond donors (Lipinski definition) is 2. The predicted octanol–water partition coefficient (Wildman–Crippen LogP) is 1.65. The Labute approximate surface area is 108 Å². The first kappa shape index (κ1) is 17.1. The van der Waals surface area contributed by atoms with Gasteiger partial charge in [0.05, 0.1) is 17.6 Å². The van der Waals surface area contributed by atoms with Crippen molar-refractivity contribution in [2.75, 3.05) is 13.2 Å². The van der Waals surface area contributed by atoms with Crippen molar-refractivity contribution in [1.82, 2.24) is 0 Å². The number of aliphatic hydroxyl groups excluding tert-OH is 1. The molecule has 18 heavy (non-hydrogen) atoms. The highest BCUT2D eigenvalue weighted by Gasteiger charge is 2.06. The molecule has 1 rings (SSSR count). The quantitative estimate of drug-likeness (QED) is 0.817. The van der Waals surface area contributed by atoms with Crippen LogP contribution in [0.4, 0.5) is 0 Å². The molecule has 0 aliphatic heterocycles. The van der Waals surface area contributed by atoms with E-state index in [1.54, 1.807) is 12.1 Å². The zero-order chi connectivity index (χ0) is 14.2. The molecule has 1 aromatic rings. The molecule has 0 heterocycles. The fourth-order valence-corrected chi connectivity index (χ4v) is 1.53. The maximum Gasteiger partial charge on any atom is 0.294 e. The van der Waals surface area contributed by atoms with E-state index in [2.05, 4.69) is 0 Å². The van der Waals surface area contributed by atoms with Crippen molar-refractivity contribution in [2.45, 2.75) is 31.8 Å². The Morgan fingerprint density at radius 1 is 1.28 bits per heavy atom. The van der Waals surface area contributed by atoms with E-state index in [-0.39, 0.29) is 17.6 Å². The Morgan fingerprint density at radius 3 is 2.06 bits per heavy atom. The highest BCUT2D eigenvalue weighted by molar-refractivity contribution is 7.85. The minimum absolute atomic E-state index is 0.00463. The monoisotopic (exact) mass is 276 g/mol. The zero-order valence-electron chi connectivity index (χ0n) is 10.8. The minimum Gasteiger partial charge on any atom is -0.394 e. The van der Waals surface area contributed by atoms with Gasteiger partial charge in [-0.05, 0) is 32.9 Å². The largest absolute Gasteiger partial charge is 0.394 e. The van der Waals surface area contributed by atoms with Crippen LogP contribution in [0, 0.1) is 6.92 Å². The van der Waals surface area contributed by atoms with Crippen molar-refractivity contribution >= 4 is 10.1 Å². The van der Waals surface area contributed by atoms with Crippen molar-refractivity contribution < 1.29 is 22.8 Å². The van der Waals surface area contributed by atoms with Crippen LogP contribution in [-0.4, -0.2) is 37.4 Å². The lowest BCUT2D eigenvalue weighted by Crippen LogP contribution is -2.11. The maximum atomic E-state index is 10.5. The van der Waals surface area contributed by atoms with Crippen LogP contribution in [0.3, 0.4) is 0 Å². The highest BCUT2D eigenvalue weighted by atomic mass is 32.2. The molecule has 0 spiro atoms. The molecule has 2 N–H and O–H groups in total. The van der Waals surface area contributed by atoms with Crippen LogP contribution in [-0.2, 0) is 14.9 Å². The SMILES string of the molecule is CCOC(C)CO.Cc1ccc(S(=O)(=O)O)cc1. The summed E-state index contributed by atoms with van der Waals surface area (Å²) in [4.78, 5) is -0.0666. The molecule has 1 unspecified atom stereocenters. The van der Waals surface area contributed by atoms with Gasteiger partial charge in [0.25, 0.3) is 10.1 Å². The van der Waals surface area contributed by atoms with Crippen LogP contribution in [0.25, 0.3) is 0 Å². The molecule has 5 nitrogen and oxygen atoms in total. The summed E-state index contributed by atoms with van der Waals surface area (Å²) in [6, 6.07) is 5.99. The zero-order valence-corrected chi connectivity index (χ0v) is 11.6. The van der Waals surface area contributed by atoms with Crippen molar-refractivity contribution in [2.24, 2.45) is 0 Å². The first-order valence-corrected chi connectivity index (χ1v) is 7.01. The fourth-order valence-electron chi connectivity index (χ4n) is 1.05. The number of ether oxygens (including phenoxy) is 1. The topological polar surface area (TPSA) is 83.8 Å². The van der Waals surface area contributed by atoms with Crippen molar-refractivity contribution in [1.29, 1.82) is 0 Å². The van der Waals surface area contributed by atoms with E-state index < -0.39 is 10.1 Å². The van der Waals surface area contributed by atoms with Crippen LogP contribution >= 0.6 is 0 Å². The molecule has 1 aromatic carbocycles. The van der Waals surface area contributed by atoms with E-state index in [0.717, 1.165) is 5.56 Å². The molecule has 0 aliphatic carbocycles. The second-order valence-electron chi connectivity index (χ2n) is 3.74.